The maximum absolute atomic E-state index is 11.4. The van der Waals surface area contributed by atoms with Crippen LogP contribution in [0.15, 0.2) is 12.3 Å². The lowest BCUT2D eigenvalue weighted by molar-refractivity contribution is -0.384. The minimum Gasteiger partial charge on any atom is -0.368 e. The van der Waals surface area contributed by atoms with Crippen molar-refractivity contribution in [3.63, 3.8) is 0 Å². The number of carbonyl (C=O) groups is 1. The molecule has 8 nitrogen and oxygen atoms in total. The Morgan fingerprint density at radius 1 is 1.68 bits per heavy atom. The average molecular weight is 265 g/mol. The van der Waals surface area contributed by atoms with Gasteiger partial charge in [-0.1, -0.05) is 0 Å². The van der Waals surface area contributed by atoms with E-state index in [0.29, 0.717) is 25.2 Å². The molecule has 1 aromatic rings. The summed E-state index contributed by atoms with van der Waals surface area (Å²) in [6.07, 6.45) is 1.50. The number of hydrogen-bond donors (Lipinski definition) is 2. The Morgan fingerprint density at radius 3 is 3.05 bits per heavy atom. The second-order valence-electron chi connectivity index (χ2n) is 4.37. The first-order valence-electron chi connectivity index (χ1n) is 5.89. The molecule has 1 saturated heterocycles. The molecule has 0 aromatic carbocycles. The molecule has 0 saturated carbocycles. The molecule has 8 heteroatoms. The van der Waals surface area contributed by atoms with E-state index in [4.69, 9.17) is 5.73 Å². The van der Waals surface area contributed by atoms with Gasteiger partial charge in [-0.3, -0.25) is 14.9 Å². The number of nitro groups is 1. The number of hydrogen-bond acceptors (Lipinski definition) is 6. The topological polar surface area (TPSA) is 114 Å². The molecule has 1 aliphatic rings. The molecular weight excluding hydrogens is 250 g/mol. The van der Waals surface area contributed by atoms with Crippen molar-refractivity contribution >= 4 is 17.4 Å². The van der Waals surface area contributed by atoms with Gasteiger partial charge in [-0.05, 0) is 13.0 Å². The third kappa shape index (κ3) is 2.48. The maximum Gasteiger partial charge on any atom is 0.314 e. The molecular formula is C11H15N5O3. The highest BCUT2D eigenvalue weighted by Gasteiger charge is 2.33. The largest absolute Gasteiger partial charge is 0.368 e. The summed E-state index contributed by atoms with van der Waals surface area (Å²) in [5, 5.41) is 14.2. The third-order valence-electron chi connectivity index (χ3n) is 3.13. The summed E-state index contributed by atoms with van der Waals surface area (Å²) in [6, 6.07) is 0.949. The van der Waals surface area contributed by atoms with Gasteiger partial charge in [-0.25, -0.2) is 4.98 Å². The van der Waals surface area contributed by atoms with Gasteiger partial charge < -0.3 is 16.0 Å². The number of aromatic nitrogens is 1. The molecule has 2 rings (SSSR count). The van der Waals surface area contributed by atoms with E-state index in [2.05, 4.69) is 10.3 Å². The van der Waals surface area contributed by atoms with E-state index in [-0.39, 0.29) is 11.5 Å². The first-order chi connectivity index (χ1) is 9.02. The van der Waals surface area contributed by atoms with Crippen molar-refractivity contribution in [2.75, 3.05) is 24.5 Å². The number of piperazine rings is 1. The molecule has 1 atom stereocenters. The Balaban J connectivity index is 2.47. The predicted molar refractivity (Wildman–Crippen MR) is 68.8 cm³/mol. The van der Waals surface area contributed by atoms with Crippen LogP contribution >= 0.6 is 0 Å². The average Bonchev–Trinajstić information content (AvgIpc) is 2.37. The second kappa shape index (κ2) is 5.19. The molecule has 19 heavy (non-hydrogen) atoms. The summed E-state index contributed by atoms with van der Waals surface area (Å²) in [5.41, 5.74) is 5.78. The van der Waals surface area contributed by atoms with Gasteiger partial charge in [0.25, 0.3) is 0 Å². The van der Waals surface area contributed by atoms with Gasteiger partial charge in [-0.15, -0.1) is 0 Å². The van der Waals surface area contributed by atoms with E-state index >= 15 is 0 Å². The van der Waals surface area contributed by atoms with Crippen LogP contribution in [0.4, 0.5) is 11.5 Å². The molecule has 2 heterocycles. The summed E-state index contributed by atoms with van der Waals surface area (Å²) in [4.78, 5) is 27.8. The van der Waals surface area contributed by atoms with Gasteiger partial charge in [0, 0.05) is 31.4 Å². The van der Waals surface area contributed by atoms with Crippen LogP contribution < -0.4 is 16.0 Å². The van der Waals surface area contributed by atoms with Crippen LogP contribution in [0, 0.1) is 17.0 Å². The zero-order valence-electron chi connectivity index (χ0n) is 10.5. The van der Waals surface area contributed by atoms with E-state index in [1.807, 2.05) is 0 Å². The molecule has 0 radical (unpaired) electrons. The van der Waals surface area contributed by atoms with Crippen molar-refractivity contribution in [3.8, 4) is 0 Å². The van der Waals surface area contributed by atoms with Crippen LogP contribution in [0.5, 0.6) is 0 Å². The standard InChI is InChI=1S/C11H15N5O3/c1-7-2-3-14-11(9(7)16(18)19)15-5-4-13-6-8(15)10(12)17/h2-3,8,13H,4-6H2,1H3,(H2,12,17). The molecule has 102 valence electrons. The van der Waals surface area contributed by atoms with E-state index in [0.717, 1.165) is 0 Å². The molecule has 1 fully saturated rings. The fourth-order valence-electron chi connectivity index (χ4n) is 2.18. The van der Waals surface area contributed by atoms with Crippen LogP contribution in [0.2, 0.25) is 0 Å². The summed E-state index contributed by atoms with van der Waals surface area (Å²) in [7, 11) is 0. The number of carbonyl (C=O) groups excluding carboxylic acids is 1. The van der Waals surface area contributed by atoms with Crippen LogP contribution in [0.1, 0.15) is 5.56 Å². The fraction of sp³-hybridized carbons (Fsp3) is 0.455. The lowest BCUT2D eigenvalue weighted by atomic mass is 10.1. The smallest absolute Gasteiger partial charge is 0.314 e. The normalized spacial score (nSPS) is 19.2. The van der Waals surface area contributed by atoms with Gasteiger partial charge in [-0.2, -0.15) is 0 Å². The number of nitrogens with one attached hydrogen (secondary N) is 1. The molecule has 1 unspecified atom stereocenters. The Labute approximate surface area is 109 Å². The highest BCUT2D eigenvalue weighted by molar-refractivity contribution is 5.85. The van der Waals surface area contributed by atoms with Crippen LogP contribution in [-0.4, -0.2) is 41.5 Å². The molecule has 0 bridgehead atoms. The molecule has 0 spiro atoms. The van der Waals surface area contributed by atoms with Gasteiger partial charge in [0.1, 0.15) is 6.04 Å². The van der Waals surface area contributed by atoms with Crippen LogP contribution in [0.25, 0.3) is 0 Å². The van der Waals surface area contributed by atoms with Gasteiger partial charge in [0.05, 0.1) is 4.92 Å². The maximum atomic E-state index is 11.4. The molecule has 1 aromatic heterocycles. The number of rotatable bonds is 3. The molecule has 3 N–H and O–H groups in total. The number of nitrogens with zero attached hydrogens (tertiary/aromatic N) is 3. The van der Waals surface area contributed by atoms with Gasteiger partial charge in [0.15, 0.2) is 0 Å². The van der Waals surface area contributed by atoms with Crippen molar-refractivity contribution in [1.82, 2.24) is 10.3 Å². The zero-order valence-corrected chi connectivity index (χ0v) is 10.5. The third-order valence-corrected chi connectivity index (χ3v) is 3.13. The minimum atomic E-state index is -0.623. The first-order valence-corrected chi connectivity index (χ1v) is 5.89. The molecule has 1 amide bonds. The van der Waals surface area contributed by atoms with E-state index < -0.39 is 16.9 Å². The monoisotopic (exact) mass is 265 g/mol. The molecule has 1 aliphatic heterocycles. The zero-order chi connectivity index (χ0) is 14.0. The second-order valence-corrected chi connectivity index (χ2v) is 4.37. The van der Waals surface area contributed by atoms with Crippen molar-refractivity contribution in [1.29, 1.82) is 0 Å². The summed E-state index contributed by atoms with van der Waals surface area (Å²) >= 11 is 0. The first kappa shape index (κ1) is 13.2. The SMILES string of the molecule is Cc1ccnc(N2CCNCC2C(N)=O)c1[N+](=O)[O-]. The van der Waals surface area contributed by atoms with E-state index in [9.17, 15) is 14.9 Å². The quantitative estimate of drug-likeness (QED) is 0.565. The number of nitrogens with two attached hydrogens (primary N) is 1. The Morgan fingerprint density at radius 2 is 2.42 bits per heavy atom. The number of primary amides is 1. The van der Waals surface area contributed by atoms with E-state index in [1.165, 1.54) is 6.20 Å². The Kier molecular flexibility index (Phi) is 3.61. The number of anilines is 1. The van der Waals surface area contributed by atoms with Gasteiger partial charge in [0.2, 0.25) is 11.7 Å². The summed E-state index contributed by atoms with van der Waals surface area (Å²) < 4.78 is 0. The van der Waals surface area contributed by atoms with Crippen LogP contribution in [-0.2, 0) is 4.79 Å². The lowest BCUT2D eigenvalue weighted by Gasteiger charge is -2.34. The summed E-state index contributed by atoms with van der Waals surface area (Å²) in [6.45, 7) is 3.08. The van der Waals surface area contributed by atoms with Crippen LogP contribution in [0.3, 0.4) is 0 Å². The van der Waals surface area contributed by atoms with Crippen molar-refractivity contribution in [3.05, 3.63) is 27.9 Å². The summed E-state index contributed by atoms with van der Waals surface area (Å²) in [5.74, 6) is -0.319. The highest BCUT2D eigenvalue weighted by atomic mass is 16.6. The fourth-order valence-corrected chi connectivity index (χ4v) is 2.18. The number of pyridine rings is 1. The van der Waals surface area contributed by atoms with Crippen molar-refractivity contribution in [2.45, 2.75) is 13.0 Å². The van der Waals surface area contributed by atoms with Crippen molar-refractivity contribution in [2.24, 2.45) is 5.73 Å². The Hall–Kier alpha value is -2.22. The number of aryl methyl sites for hydroxylation is 1. The van der Waals surface area contributed by atoms with E-state index in [1.54, 1.807) is 17.9 Å². The lowest BCUT2D eigenvalue weighted by Crippen LogP contribution is -2.57. The predicted octanol–water partition coefficient (Wildman–Crippen LogP) is -0.438. The minimum absolute atomic E-state index is 0.0735. The molecule has 0 aliphatic carbocycles. The Bertz CT molecular complexity index is 519. The highest BCUT2D eigenvalue weighted by Crippen LogP contribution is 2.30. The van der Waals surface area contributed by atoms with Gasteiger partial charge >= 0.3 is 5.69 Å². The number of amides is 1. The van der Waals surface area contributed by atoms with Crippen molar-refractivity contribution < 1.29 is 9.72 Å².